The number of aliphatic carboxylic acids is 2. The smallest absolute Gasteiger partial charge is 0.426 e. The fourth-order valence-corrected chi connectivity index (χ4v) is 2.36. The van der Waals surface area contributed by atoms with Gasteiger partial charge >= 0.3 is 18.0 Å². The van der Waals surface area contributed by atoms with Crippen LogP contribution in [-0.4, -0.2) is 80.9 Å². The lowest BCUT2D eigenvalue weighted by Gasteiger charge is -2.32. The predicted molar refractivity (Wildman–Crippen MR) is 90.1 cm³/mol. The fraction of sp³-hybridized carbons (Fsp3) is 0.667. The van der Waals surface area contributed by atoms with Crippen LogP contribution in [0.25, 0.3) is 0 Å². The van der Waals surface area contributed by atoms with Crippen LogP contribution >= 0.6 is 11.0 Å². The molecule has 0 aromatic carbocycles. The normalized spacial score (nSPS) is 11.5. The molecule has 2 amide bonds. The summed E-state index contributed by atoms with van der Waals surface area (Å²) in [7, 11) is -3.76. The van der Waals surface area contributed by atoms with Gasteiger partial charge in [-0.1, -0.05) is 11.0 Å². The van der Waals surface area contributed by atoms with Crippen LogP contribution in [0.3, 0.4) is 0 Å². The summed E-state index contributed by atoms with van der Waals surface area (Å²) in [6.45, 7) is -0.698. The Bertz CT molecular complexity index is 485. The summed E-state index contributed by atoms with van der Waals surface area (Å²) in [5.74, 6) is -2.88. The summed E-state index contributed by atoms with van der Waals surface area (Å²) in [6, 6.07) is 0. The van der Waals surface area contributed by atoms with Crippen LogP contribution in [0.1, 0.15) is 19.3 Å². The molecule has 0 aliphatic rings. The lowest BCUT2D eigenvalue weighted by atomic mass is 10.3. The van der Waals surface area contributed by atoms with Gasteiger partial charge in [-0.15, -0.1) is 0 Å². The molecular weight excluding hydrogens is 376 g/mol. The molecule has 0 spiro atoms. The lowest BCUT2D eigenvalue weighted by molar-refractivity contribution is -0.139. The predicted octanol–water partition coefficient (Wildman–Crippen LogP) is -0.990. The second-order valence-electron chi connectivity index (χ2n) is 4.89. The first kappa shape index (κ1) is 23.9. The van der Waals surface area contributed by atoms with Gasteiger partial charge in [0.05, 0.1) is 12.8 Å². The molecule has 0 radical (unpaired) electrons. The monoisotopic (exact) mass is 400 g/mol. The Morgan fingerprint density at radius 2 is 1.54 bits per heavy atom. The number of ether oxygens (including phenoxy) is 1. The van der Waals surface area contributed by atoms with Crippen molar-refractivity contribution in [2.45, 2.75) is 19.3 Å². The molecule has 0 saturated heterocycles. The molecule has 8 N–H and O–H groups in total. The second kappa shape index (κ2) is 12.3. The molecule has 0 fully saturated rings. The van der Waals surface area contributed by atoms with Crippen molar-refractivity contribution in [2.75, 3.05) is 32.8 Å². The molecule has 0 rings (SSSR count). The third-order valence-corrected chi connectivity index (χ3v) is 3.82. The summed E-state index contributed by atoms with van der Waals surface area (Å²) < 4.78 is 27.6. The third kappa shape index (κ3) is 12.3. The Kier molecular flexibility index (Phi) is 11.3. The van der Waals surface area contributed by atoms with E-state index in [9.17, 15) is 28.3 Å². The number of nitrogens with two attached hydrogens (primary N) is 1. The van der Waals surface area contributed by atoms with E-state index in [1.54, 1.807) is 4.72 Å². The molecule has 0 aromatic rings. The van der Waals surface area contributed by atoms with Gasteiger partial charge in [-0.3, -0.25) is 23.5 Å². The van der Waals surface area contributed by atoms with Crippen LogP contribution in [0.4, 0.5) is 4.79 Å². The zero-order valence-electron chi connectivity index (χ0n) is 13.9. The Morgan fingerprint density at radius 1 is 1.00 bits per heavy atom. The van der Waals surface area contributed by atoms with Crippen molar-refractivity contribution in [1.82, 2.24) is 14.3 Å². The lowest BCUT2D eigenvalue weighted by Crippen LogP contribution is -2.40. The average molecular weight is 400 g/mol. The van der Waals surface area contributed by atoms with Crippen LogP contribution in [0, 0.1) is 0 Å². The van der Waals surface area contributed by atoms with Gasteiger partial charge in [-0.05, 0) is 0 Å². The number of carbonyl (C=O) groups is 4. The van der Waals surface area contributed by atoms with Crippen molar-refractivity contribution >= 4 is 34.9 Å². The van der Waals surface area contributed by atoms with Gasteiger partial charge < -0.3 is 25.6 Å². The molecule has 0 unspecified atom stereocenters. The first-order valence-electron chi connectivity index (χ1n) is 7.46. The molecule has 152 valence electrons. The zero-order valence-corrected chi connectivity index (χ0v) is 14.7. The van der Waals surface area contributed by atoms with Gasteiger partial charge in [0, 0.05) is 32.6 Å². The molecule has 0 atom stereocenters. The molecule has 0 bridgehead atoms. The summed E-state index contributed by atoms with van der Waals surface area (Å²) in [6.07, 6.45) is -2.11. The summed E-state index contributed by atoms with van der Waals surface area (Å²) in [5, 5.41) is 17.3. The van der Waals surface area contributed by atoms with Crippen LogP contribution < -0.4 is 15.2 Å². The standard InChI is InChI=1S/C12H24N4O9S/c13-4-8-25-12(22)15-26(23,24)14-5-1-9(17)16(6-2-10(18)19)7-3-11(20)21/h14,23-24H,1-8,13H2,(H,15,22)(H,18,19)(H,20,21). The highest BCUT2D eigenvalue weighted by atomic mass is 32.3. The molecule has 0 saturated carbocycles. The van der Waals surface area contributed by atoms with Crippen LogP contribution in [0.5, 0.6) is 0 Å². The number of carboxylic acids is 2. The number of hydrogen-bond donors (Lipinski definition) is 7. The first-order valence-corrected chi connectivity index (χ1v) is 9.01. The minimum atomic E-state index is -3.76. The Morgan fingerprint density at radius 3 is 2.00 bits per heavy atom. The highest BCUT2D eigenvalue weighted by Crippen LogP contribution is 2.27. The van der Waals surface area contributed by atoms with Gasteiger partial charge in [0.15, 0.2) is 0 Å². The molecular formula is C12H24N4O9S. The van der Waals surface area contributed by atoms with E-state index in [-0.39, 0.29) is 52.0 Å². The Balaban J connectivity index is 4.43. The van der Waals surface area contributed by atoms with Gasteiger partial charge in [0.1, 0.15) is 6.61 Å². The van der Waals surface area contributed by atoms with E-state index < -0.39 is 34.9 Å². The number of nitrogens with zero attached hydrogens (tertiary/aromatic N) is 1. The Hall–Kier alpha value is -2.13. The minimum absolute atomic E-state index is 0.0526. The number of carbonyl (C=O) groups excluding carboxylic acids is 2. The molecule has 0 heterocycles. The molecule has 0 aliphatic heterocycles. The van der Waals surface area contributed by atoms with Crippen molar-refractivity contribution < 1.29 is 43.2 Å². The van der Waals surface area contributed by atoms with E-state index in [1.165, 1.54) is 0 Å². The minimum Gasteiger partial charge on any atom is -0.481 e. The number of carboxylic acid groups (broad SMARTS) is 2. The van der Waals surface area contributed by atoms with E-state index in [0.717, 1.165) is 4.90 Å². The highest BCUT2D eigenvalue weighted by molar-refractivity contribution is 8.21. The van der Waals surface area contributed by atoms with Crippen LogP contribution in [-0.2, 0) is 19.1 Å². The SMILES string of the molecule is NCCOC(=O)NS(O)(O)NCCC(=O)N(CCC(=O)O)CCC(=O)O. The van der Waals surface area contributed by atoms with Gasteiger partial charge in [0.2, 0.25) is 5.91 Å². The fourth-order valence-electron chi connectivity index (χ4n) is 1.61. The van der Waals surface area contributed by atoms with E-state index in [4.69, 9.17) is 15.9 Å². The molecule has 13 nitrogen and oxygen atoms in total. The number of hydrogen-bond acceptors (Lipinski definition) is 9. The topological polar surface area (TPSA) is 212 Å². The van der Waals surface area contributed by atoms with Gasteiger partial charge in [-0.2, -0.15) is 0 Å². The molecule has 0 aliphatic carbocycles. The number of rotatable bonds is 13. The molecule has 26 heavy (non-hydrogen) atoms. The quantitative estimate of drug-likeness (QED) is 0.199. The maximum absolute atomic E-state index is 12.0. The molecule has 0 aromatic heterocycles. The van der Waals surface area contributed by atoms with Crippen LogP contribution in [0.15, 0.2) is 0 Å². The second-order valence-corrected chi connectivity index (χ2v) is 6.48. The van der Waals surface area contributed by atoms with E-state index in [1.807, 2.05) is 0 Å². The highest BCUT2D eigenvalue weighted by Gasteiger charge is 2.19. The summed E-state index contributed by atoms with van der Waals surface area (Å²) in [4.78, 5) is 45.5. The summed E-state index contributed by atoms with van der Waals surface area (Å²) in [5.41, 5.74) is 5.11. The maximum Gasteiger partial charge on any atom is 0.426 e. The maximum atomic E-state index is 12.0. The van der Waals surface area contributed by atoms with Crippen molar-refractivity contribution in [3.63, 3.8) is 0 Å². The Labute approximate surface area is 151 Å². The molecule has 14 heteroatoms. The third-order valence-electron chi connectivity index (χ3n) is 2.76. The van der Waals surface area contributed by atoms with E-state index in [2.05, 4.69) is 9.46 Å². The van der Waals surface area contributed by atoms with Crippen molar-refractivity contribution in [1.29, 1.82) is 0 Å². The van der Waals surface area contributed by atoms with E-state index >= 15 is 0 Å². The number of amides is 2. The summed E-state index contributed by atoms with van der Waals surface area (Å²) >= 11 is 0. The first-order chi connectivity index (χ1) is 12.1. The average Bonchev–Trinajstić information content (AvgIpc) is 2.51. The van der Waals surface area contributed by atoms with Gasteiger partial charge in [-0.25, -0.2) is 14.2 Å². The van der Waals surface area contributed by atoms with E-state index in [0.29, 0.717) is 0 Å². The van der Waals surface area contributed by atoms with Crippen LogP contribution in [0.2, 0.25) is 0 Å². The van der Waals surface area contributed by atoms with Gasteiger partial charge in [0.25, 0.3) is 0 Å². The number of nitrogens with one attached hydrogen (secondary N) is 2. The van der Waals surface area contributed by atoms with Crippen molar-refractivity contribution in [2.24, 2.45) is 5.73 Å². The van der Waals surface area contributed by atoms with Crippen molar-refractivity contribution in [3.05, 3.63) is 0 Å². The van der Waals surface area contributed by atoms with Crippen molar-refractivity contribution in [3.8, 4) is 0 Å². The zero-order chi connectivity index (χ0) is 20.2. The largest absolute Gasteiger partial charge is 0.481 e.